The van der Waals surface area contributed by atoms with E-state index in [1.165, 1.54) is 12.1 Å². The molecular weight excluding hydrogens is 255 g/mol. The van der Waals surface area contributed by atoms with E-state index in [9.17, 15) is 12.8 Å². The molecule has 1 rings (SSSR count). The first kappa shape index (κ1) is 15.1. The Labute approximate surface area is 108 Å². The van der Waals surface area contributed by atoms with Gasteiger partial charge in [-0.05, 0) is 30.7 Å². The Morgan fingerprint density at radius 1 is 1.28 bits per heavy atom. The molecule has 2 N–H and O–H groups in total. The molecule has 18 heavy (non-hydrogen) atoms. The van der Waals surface area contributed by atoms with Crippen LogP contribution in [-0.4, -0.2) is 21.5 Å². The quantitative estimate of drug-likeness (QED) is 0.794. The van der Waals surface area contributed by atoms with Gasteiger partial charge >= 0.3 is 0 Å². The summed E-state index contributed by atoms with van der Waals surface area (Å²) >= 11 is 0. The van der Waals surface area contributed by atoms with Crippen LogP contribution in [0.15, 0.2) is 23.1 Å². The monoisotopic (exact) mass is 274 g/mol. The maximum Gasteiger partial charge on any atom is 0.243 e. The molecule has 0 aliphatic carbocycles. The van der Waals surface area contributed by atoms with Gasteiger partial charge in [0, 0.05) is 13.1 Å². The number of halogens is 1. The predicted molar refractivity (Wildman–Crippen MR) is 69.3 cm³/mol. The fourth-order valence-electron chi connectivity index (χ4n) is 1.45. The fourth-order valence-corrected chi connectivity index (χ4v) is 2.71. The second-order valence-electron chi connectivity index (χ2n) is 3.94. The molecule has 1 aromatic rings. The topological polar surface area (TPSA) is 58.2 Å². The highest BCUT2D eigenvalue weighted by Crippen LogP contribution is 2.16. The Morgan fingerprint density at radius 3 is 2.61 bits per heavy atom. The summed E-state index contributed by atoms with van der Waals surface area (Å²) in [4.78, 5) is -0.286. The Kier molecular flexibility index (Phi) is 5.71. The van der Waals surface area contributed by atoms with Gasteiger partial charge in [0.15, 0.2) is 0 Å². The number of sulfonamides is 1. The van der Waals surface area contributed by atoms with E-state index in [1.807, 2.05) is 13.8 Å². The summed E-state index contributed by atoms with van der Waals surface area (Å²) in [5, 5.41) is 3.07. The van der Waals surface area contributed by atoms with Crippen molar-refractivity contribution in [2.45, 2.75) is 31.7 Å². The lowest BCUT2D eigenvalue weighted by Gasteiger charge is -2.09. The molecule has 0 unspecified atom stereocenters. The van der Waals surface area contributed by atoms with Gasteiger partial charge in [-0.1, -0.05) is 19.9 Å². The van der Waals surface area contributed by atoms with E-state index in [4.69, 9.17) is 0 Å². The van der Waals surface area contributed by atoms with Crippen molar-refractivity contribution < 1.29 is 12.8 Å². The average molecular weight is 274 g/mol. The highest BCUT2D eigenvalue weighted by Gasteiger charge is 2.18. The zero-order valence-corrected chi connectivity index (χ0v) is 11.5. The van der Waals surface area contributed by atoms with Crippen LogP contribution >= 0.6 is 0 Å². The number of rotatable bonds is 7. The summed E-state index contributed by atoms with van der Waals surface area (Å²) in [6, 6.07) is 4.14. The van der Waals surface area contributed by atoms with Gasteiger partial charge < -0.3 is 5.32 Å². The van der Waals surface area contributed by atoms with Gasteiger partial charge in [0.1, 0.15) is 10.7 Å². The minimum absolute atomic E-state index is 0.286. The van der Waals surface area contributed by atoms with Crippen molar-refractivity contribution >= 4 is 10.0 Å². The summed E-state index contributed by atoms with van der Waals surface area (Å²) in [6.07, 6.45) is 0.665. The molecule has 1 aromatic carbocycles. The van der Waals surface area contributed by atoms with E-state index < -0.39 is 15.8 Å². The molecule has 0 fully saturated rings. The lowest BCUT2D eigenvalue weighted by atomic mass is 10.2. The van der Waals surface area contributed by atoms with Crippen LogP contribution in [0.2, 0.25) is 0 Å². The van der Waals surface area contributed by atoms with Crippen LogP contribution in [0.4, 0.5) is 4.39 Å². The molecule has 0 aromatic heterocycles. The van der Waals surface area contributed by atoms with Crippen LogP contribution in [0.25, 0.3) is 0 Å². The van der Waals surface area contributed by atoms with E-state index >= 15 is 0 Å². The van der Waals surface area contributed by atoms with Crippen LogP contribution in [0.3, 0.4) is 0 Å². The van der Waals surface area contributed by atoms with Crippen LogP contribution in [0, 0.1) is 5.82 Å². The third kappa shape index (κ3) is 4.04. The zero-order chi connectivity index (χ0) is 13.6. The van der Waals surface area contributed by atoms with Crippen molar-refractivity contribution in [3.8, 4) is 0 Å². The van der Waals surface area contributed by atoms with E-state index in [0.29, 0.717) is 19.5 Å². The van der Waals surface area contributed by atoms with Crippen LogP contribution in [0.1, 0.15) is 25.8 Å². The minimum Gasteiger partial charge on any atom is -0.313 e. The molecule has 0 amide bonds. The van der Waals surface area contributed by atoms with E-state index in [2.05, 4.69) is 10.0 Å². The van der Waals surface area contributed by atoms with Gasteiger partial charge in [-0.3, -0.25) is 0 Å². The van der Waals surface area contributed by atoms with Crippen molar-refractivity contribution in [1.82, 2.24) is 10.0 Å². The van der Waals surface area contributed by atoms with Gasteiger partial charge in [-0.2, -0.15) is 0 Å². The first-order chi connectivity index (χ1) is 8.51. The average Bonchev–Trinajstić information content (AvgIpc) is 2.35. The van der Waals surface area contributed by atoms with Crippen LogP contribution in [-0.2, 0) is 16.6 Å². The molecule has 0 bridgehead atoms. The molecule has 4 nitrogen and oxygen atoms in total. The molecule has 0 heterocycles. The first-order valence-corrected chi connectivity index (χ1v) is 7.48. The Bertz CT molecular complexity index is 489. The van der Waals surface area contributed by atoms with Gasteiger partial charge in [-0.15, -0.1) is 0 Å². The maximum atomic E-state index is 13.6. The SMILES string of the molecule is CCCNS(=O)(=O)c1cc(CNCC)ccc1F. The molecule has 0 atom stereocenters. The number of nitrogens with one attached hydrogen (secondary N) is 2. The molecule has 102 valence electrons. The zero-order valence-electron chi connectivity index (χ0n) is 10.7. The Balaban J connectivity index is 2.99. The first-order valence-electron chi connectivity index (χ1n) is 6.00. The van der Waals surface area contributed by atoms with Crippen molar-refractivity contribution in [2.24, 2.45) is 0 Å². The molecule has 0 aliphatic rings. The summed E-state index contributed by atoms with van der Waals surface area (Å²) in [7, 11) is -3.75. The van der Waals surface area contributed by atoms with Gasteiger partial charge in [0.2, 0.25) is 10.0 Å². The second kappa shape index (κ2) is 6.82. The molecule has 0 aliphatic heterocycles. The summed E-state index contributed by atoms with van der Waals surface area (Å²) < 4.78 is 39.7. The predicted octanol–water partition coefficient (Wildman–Crippen LogP) is 1.62. The molecule has 0 radical (unpaired) electrons. The highest BCUT2D eigenvalue weighted by molar-refractivity contribution is 7.89. The van der Waals surface area contributed by atoms with Crippen molar-refractivity contribution in [3.05, 3.63) is 29.6 Å². The summed E-state index contributed by atoms with van der Waals surface area (Å²) in [5.41, 5.74) is 0.745. The lowest BCUT2D eigenvalue weighted by molar-refractivity contribution is 0.555. The summed E-state index contributed by atoms with van der Waals surface area (Å²) in [5.74, 6) is -0.723. The van der Waals surface area contributed by atoms with Crippen molar-refractivity contribution in [3.63, 3.8) is 0 Å². The number of hydrogen-bond acceptors (Lipinski definition) is 3. The number of hydrogen-bond donors (Lipinski definition) is 2. The largest absolute Gasteiger partial charge is 0.313 e. The Hall–Kier alpha value is -0.980. The van der Waals surface area contributed by atoms with E-state index in [0.717, 1.165) is 12.1 Å². The van der Waals surface area contributed by atoms with Crippen LogP contribution in [0.5, 0.6) is 0 Å². The second-order valence-corrected chi connectivity index (χ2v) is 5.68. The van der Waals surface area contributed by atoms with Gasteiger partial charge in [-0.25, -0.2) is 17.5 Å². The molecular formula is C12H19FN2O2S. The fraction of sp³-hybridized carbons (Fsp3) is 0.500. The van der Waals surface area contributed by atoms with Gasteiger partial charge in [0.05, 0.1) is 0 Å². The Morgan fingerprint density at radius 2 is 2.00 bits per heavy atom. The third-order valence-corrected chi connectivity index (χ3v) is 3.88. The molecule has 6 heteroatoms. The highest BCUT2D eigenvalue weighted by atomic mass is 32.2. The van der Waals surface area contributed by atoms with Gasteiger partial charge in [0.25, 0.3) is 0 Å². The molecule has 0 saturated heterocycles. The third-order valence-electron chi connectivity index (χ3n) is 2.41. The standard InChI is InChI=1S/C12H19FN2O2S/c1-3-7-15-18(16,17)12-8-10(9-14-4-2)5-6-11(12)13/h5-6,8,14-15H,3-4,7,9H2,1-2H3. The summed E-state index contributed by atoms with van der Waals surface area (Å²) in [6.45, 7) is 5.39. The molecule has 0 spiro atoms. The van der Waals surface area contributed by atoms with Crippen molar-refractivity contribution in [2.75, 3.05) is 13.1 Å². The van der Waals surface area contributed by atoms with E-state index in [-0.39, 0.29) is 4.90 Å². The van der Waals surface area contributed by atoms with E-state index in [1.54, 1.807) is 6.07 Å². The number of benzene rings is 1. The van der Waals surface area contributed by atoms with Crippen LogP contribution < -0.4 is 10.0 Å². The molecule has 0 saturated carbocycles. The normalized spacial score (nSPS) is 11.7. The maximum absolute atomic E-state index is 13.6. The van der Waals surface area contributed by atoms with Crippen molar-refractivity contribution in [1.29, 1.82) is 0 Å². The lowest BCUT2D eigenvalue weighted by Crippen LogP contribution is -2.25. The minimum atomic E-state index is -3.75. The smallest absolute Gasteiger partial charge is 0.243 e.